The molecule has 0 saturated carbocycles. The summed E-state index contributed by atoms with van der Waals surface area (Å²) >= 11 is 0. The molecule has 5 heteroatoms. The topological polar surface area (TPSA) is 51.1 Å². The number of pyridine rings is 1. The average molecular weight is 393 g/mol. The van der Waals surface area contributed by atoms with Crippen molar-refractivity contribution in [2.24, 2.45) is 5.92 Å². The van der Waals surface area contributed by atoms with Crippen molar-refractivity contribution in [3.63, 3.8) is 0 Å². The molecule has 1 aliphatic rings. The van der Waals surface area contributed by atoms with Crippen LogP contribution in [0.1, 0.15) is 31.4 Å². The molecule has 1 aliphatic heterocycles. The van der Waals surface area contributed by atoms with Crippen molar-refractivity contribution < 1.29 is 4.21 Å². The van der Waals surface area contributed by atoms with E-state index in [4.69, 9.17) is 0 Å². The van der Waals surface area contributed by atoms with Crippen molar-refractivity contribution in [2.45, 2.75) is 38.6 Å². The number of fused-ring (bicyclic) bond motifs is 2. The van der Waals surface area contributed by atoms with Crippen molar-refractivity contribution in [1.82, 2.24) is 4.57 Å². The van der Waals surface area contributed by atoms with Crippen LogP contribution in [0.5, 0.6) is 0 Å². The standard InChI is InChI=1S/C23H24N2O2S/c1-15(2)12-13-25-20-10-6-4-8-17(20)16(3)22(23(25)26)19-14-28(27)21-11-7-5-9-18(21)24-19/h4-11,14-15,24H,12-13H2,1-3H3. The molecular weight excluding hydrogens is 368 g/mol. The second-order valence-corrected chi connectivity index (χ2v) is 8.88. The summed E-state index contributed by atoms with van der Waals surface area (Å²) in [6.45, 7) is 6.95. The van der Waals surface area contributed by atoms with Crippen LogP contribution in [0.25, 0.3) is 16.6 Å². The number of nitrogens with one attached hydrogen (secondary N) is 1. The monoisotopic (exact) mass is 392 g/mol. The van der Waals surface area contributed by atoms with Gasteiger partial charge in [0.2, 0.25) is 0 Å². The Morgan fingerprint density at radius 1 is 1.07 bits per heavy atom. The highest BCUT2D eigenvalue weighted by Crippen LogP contribution is 2.32. The van der Waals surface area contributed by atoms with Gasteiger partial charge in [0.05, 0.1) is 38.2 Å². The molecule has 144 valence electrons. The summed E-state index contributed by atoms with van der Waals surface area (Å²) in [5.74, 6) is 0.502. The SMILES string of the molecule is Cc1c(C2=CS(=O)c3ccccc3N2)c(=O)n(CCC(C)C)c2ccccc12. The van der Waals surface area contributed by atoms with E-state index in [0.717, 1.165) is 33.5 Å². The fourth-order valence-electron chi connectivity index (χ4n) is 3.70. The number of nitrogens with zero attached hydrogens (tertiary/aromatic N) is 1. The first-order chi connectivity index (χ1) is 13.5. The van der Waals surface area contributed by atoms with Crippen LogP contribution in [-0.4, -0.2) is 8.78 Å². The Bertz CT molecular complexity index is 1170. The van der Waals surface area contributed by atoms with Gasteiger partial charge in [-0.2, -0.15) is 0 Å². The second kappa shape index (κ2) is 7.40. The molecule has 1 unspecified atom stereocenters. The average Bonchev–Trinajstić information content (AvgIpc) is 2.68. The minimum atomic E-state index is -1.29. The van der Waals surface area contributed by atoms with Crippen molar-refractivity contribution in [3.05, 3.63) is 75.4 Å². The normalized spacial score (nSPS) is 16.0. The quantitative estimate of drug-likeness (QED) is 0.688. The first kappa shape index (κ1) is 18.7. The number of aromatic nitrogens is 1. The molecule has 0 fully saturated rings. The zero-order chi connectivity index (χ0) is 19.8. The number of anilines is 1. The van der Waals surface area contributed by atoms with Crippen molar-refractivity contribution in [3.8, 4) is 0 Å². The highest BCUT2D eigenvalue weighted by atomic mass is 32.2. The number of para-hydroxylation sites is 2. The molecule has 2 aromatic carbocycles. The molecule has 28 heavy (non-hydrogen) atoms. The van der Waals surface area contributed by atoms with Gasteiger partial charge in [-0.15, -0.1) is 0 Å². The van der Waals surface area contributed by atoms with Crippen molar-refractivity contribution >= 4 is 33.1 Å². The maximum atomic E-state index is 13.5. The van der Waals surface area contributed by atoms with Gasteiger partial charge < -0.3 is 9.88 Å². The zero-order valence-corrected chi connectivity index (χ0v) is 17.2. The minimum absolute atomic E-state index is 0.0352. The molecule has 0 bridgehead atoms. The summed E-state index contributed by atoms with van der Waals surface area (Å²) < 4.78 is 14.6. The number of hydrogen-bond donors (Lipinski definition) is 1. The third kappa shape index (κ3) is 3.20. The van der Waals surface area contributed by atoms with E-state index < -0.39 is 10.8 Å². The fourth-order valence-corrected chi connectivity index (χ4v) is 4.77. The second-order valence-electron chi connectivity index (χ2n) is 7.61. The zero-order valence-electron chi connectivity index (χ0n) is 16.4. The summed E-state index contributed by atoms with van der Waals surface area (Å²) in [4.78, 5) is 14.3. The van der Waals surface area contributed by atoms with Gasteiger partial charge in [0.25, 0.3) is 5.56 Å². The van der Waals surface area contributed by atoms with Crippen LogP contribution in [0.3, 0.4) is 0 Å². The van der Waals surface area contributed by atoms with Gasteiger partial charge in [-0.3, -0.25) is 4.79 Å². The molecule has 4 rings (SSSR count). The first-order valence-electron chi connectivity index (χ1n) is 9.58. The third-order valence-corrected chi connectivity index (χ3v) is 6.47. The summed E-state index contributed by atoms with van der Waals surface area (Å²) in [5, 5.41) is 6.05. The Balaban J connectivity index is 1.93. The lowest BCUT2D eigenvalue weighted by Gasteiger charge is -2.22. The maximum Gasteiger partial charge on any atom is 0.260 e. The van der Waals surface area contributed by atoms with Gasteiger partial charge >= 0.3 is 0 Å². The van der Waals surface area contributed by atoms with E-state index >= 15 is 0 Å². The van der Waals surface area contributed by atoms with Crippen LogP contribution in [0.15, 0.2) is 63.6 Å². The molecule has 0 saturated heterocycles. The van der Waals surface area contributed by atoms with Crippen LogP contribution in [-0.2, 0) is 17.3 Å². The van der Waals surface area contributed by atoms with Crippen molar-refractivity contribution in [1.29, 1.82) is 0 Å². The Hall–Kier alpha value is -2.66. The highest BCUT2D eigenvalue weighted by molar-refractivity contribution is 7.88. The largest absolute Gasteiger partial charge is 0.353 e. The Kier molecular flexibility index (Phi) is 4.94. The van der Waals surface area contributed by atoms with Crippen LogP contribution in [0.2, 0.25) is 0 Å². The van der Waals surface area contributed by atoms with Gasteiger partial charge in [-0.25, -0.2) is 4.21 Å². The van der Waals surface area contributed by atoms with Gasteiger partial charge in [0.15, 0.2) is 0 Å². The Labute approximate surface area is 167 Å². The van der Waals surface area contributed by atoms with Crippen molar-refractivity contribution in [2.75, 3.05) is 5.32 Å². The lowest BCUT2D eigenvalue weighted by atomic mass is 10.0. The Morgan fingerprint density at radius 3 is 2.57 bits per heavy atom. The summed E-state index contributed by atoms with van der Waals surface area (Å²) in [6, 6.07) is 15.5. The molecule has 0 aliphatic carbocycles. The van der Waals surface area contributed by atoms with E-state index in [0.29, 0.717) is 23.7 Å². The summed E-state index contributed by atoms with van der Waals surface area (Å²) in [5.41, 5.74) is 3.85. The number of hydrogen-bond acceptors (Lipinski definition) is 3. The molecule has 4 nitrogen and oxygen atoms in total. The molecular formula is C23H24N2O2S. The first-order valence-corrected chi connectivity index (χ1v) is 10.8. The Morgan fingerprint density at radius 2 is 1.79 bits per heavy atom. The smallest absolute Gasteiger partial charge is 0.260 e. The highest BCUT2D eigenvalue weighted by Gasteiger charge is 2.22. The van der Waals surface area contributed by atoms with E-state index in [-0.39, 0.29) is 5.56 Å². The summed E-state index contributed by atoms with van der Waals surface area (Å²) in [6.07, 6.45) is 0.924. The molecule has 0 radical (unpaired) electrons. The molecule has 1 atom stereocenters. The minimum Gasteiger partial charge on any atom is -0.353 e. The van der Waals surface area contributed by atoms with E-state index in [9.17, 15) is 9.00 Å². The predicted octanol–water partition coefficient (Wildman–Crippen LogP) is 4.89. The molecule has 1 N–H and O–H groups in total. The van der Waals surface area contributed by atoms with E-state index in [1.807, 2.05) is 60.0 Å². The lowest BCUT2D eigenvalue weighted by Crippen LogP contribution is -2.28. The van der Waals surface area contributed by atoms with Crippen LogP contribution < -0.4 is 10.9 Å². The van der Waals surface area contributed by atoms with Gasteiger partial charge in [-0.1, -0.05) is 44.2 Å². The molecule has 0 spiro atoms. The fraction of sp³-hybridized carbons (Fsp3) is 0.261. The van der Waals surface area contributed by atoms with E-state index in [1.54, 1.807) is 5.41 Å². The van der Waals surface area contributed by atoms with Crippen LogP contribution in [0.4, 0.5) is 5.69 Å². The predicted molar refractivity (Wildman–Crippen MR) is 117 cm³/mol. The lowest BCUT2D eigenvalue weighted by molar-refractivity contribution is 0.516. The van der Waals surface area contributed by atoms with Gasteiger partial charge in [0, 0.05) is 17.3 Å². The number of aryl methyl sites for hydroxylation is 2. The maximum absolute atomic E-state index is 13.5. The number of rotatable bonds is 4. The molecule has 3 aromatic rings. The van der Waals surface area contributed by atoms with E-state index in [2.05, 4.69) is 19.2 Å². The van der Waals surface area contributed by atoms with Crippen LogP contribution >= 0.6 is 0 Å². The molecule has 2 heterocycles. The van der Waals surface area contributed by atoms with Gasteiger partial charge in [-0.05, 0) is 43.0 Å². The summed E-state index contributed by atoms with van der Waals surface area (Å²) in [7, 11) is -1.29. The number of benzene rings is 2. The molecule has 0 amide bonds. The van der Waals surface area contributed by atoms with Crippen LogP contribution in [0, 0.1) is 12.8 Å². The van der Waals surface area contributed by atoms with E-state index in [1.165, 1.54) is 0 Å². The van der Waals surface area contributed by atoms with Gasteiger partial charge in [0.1, 0.15) is 0 Å². The molecule has 1 aromatic heterocycles. The third-order valence-electron chi connectivity index (χ3n) is 5.23.